The Hall–Kier alpha value is -1.50. The molecule has 0 unspecified atom stereocenters. The van der Waals surface area contributed by atoms with Gasteiger partial charge in [0.25, 0.3) is 0 Å². The first-order valence-electron chi connectivity index (χ1n) is 9.46. The molecule has 0 aromatic carbocycles. The van der Waals surface area contributed by atoms with Crippen LogP contribution in [0.4, 0.5) is 0 Å². The molecule has 3 aliphatic heterocycles. The Morgan fingerprint density at radius 2 is 2.12 bits per heavy atom. The predicted molar refractivity (Wildman–Crippen MR) is 102 cm³/mol. The average Bonchev–Trinajstić information content (AvgIpc) is 3.07. The highest BCUT2D eigenvalue weighted by Crippen LogP contribution is 2.31. The summed E-state index contributed by atoms with van der Waals surface area (Å²) < 4.78 is 5.35. The van der Waals surface area contributed by atoms with Crippen LogP contribution in [0, 0.1) is 19.8 Å². The quantitative estimate of drug-likeness (QED) is 0.749. The smallest absolute Gasteiger partial charge is 0.169 e. The SMILES string of the molecule is CC(=O)c1cc(CN2C[C@@H]3CC[C@H]2CN(Cc2c(C)noc2C)C3)cs1. The zero-order valence-electron chi connectivity index (χ0n) is 15.8. The maximum absolute atomic E-state index is 11.6. The van der Waals surface area contributed by atoms with Crippen molar-refractivity contribution in [2.24, 2.45) is 5.92 Å². The number of carbonyl (C=O) groups is 1. The van der Waals surface area contributed by atoms with Crippen molar-refractivity contribution in [3.8, 4) is 0 Å². The minimum absolute atomic E-state index is 0.171. The highest BCUT2D eigenvalue weighted by Gasteiger charge is 2.35. The molecule has 26 heavy (non-hydrogen) atoms. The molecular formula is C20H27N3O2S. The van der Waals surface area contributed by atoms with Crippen molar-refractivity contribution >= 4 is 17.1 Å². The largest absolute Gasteiger partial charge is 0.361 e. The van der Waals surface area contributed by atoms with Gasteiger partial charge in [0.15, 0.2) is 5.78 Å². The number of ketones is 1. The van der Waals surface area contributed by atoms with E-state index in [2.05, 4.69) is 26.4 Å². The van der Waals surface area contributed by atoms with Crippen LogP contribution in [0.5, 0.6) is 0 Å². The van der Waals surface area contributed by atoms with E-state index in [1.54, 1.807) is 18.3 Å². The van der Waals surface area contributed by atoms with Gasteiger partial charge >= 0.3 is 0 Å². The van der Waals surface area contributed by atoms with Crippen LogP contribution < -0.4 is 0 Å². The van der Waals surface area contributed by atoms with Gasteiger partial charge in [-0.15, -0.1) is 11.3 Å². The van der Waals surface area contributed by atoms with Gasteiger partial charge in [0.05, 0.1) is 10.6 Å². The lowest BCUT2D eigenvalue weighted by atomic mass is 9.94. The summed E-state index contributed by atoms with van der Waals surface area (Å²) in [6.45, 7) is 11.0. The van der Waals surface area contributed by atoms with E-state index in [4.69, 9.17) is 4.52 Å². The summed E-state index contributed by atoms with van der Waals surface area (Å²) in [7, 11) is 0. The third-order valence-corrected chi connectivity index (χ3v) is 6.93. The Bertz CT molecular complexity index is 777. The second-order valence-corrected chi connectivity index (χ2v) is 8.81. The standard InChI is InChI=1S/C20H27N3O2S/c1-13-19(15(3)25-21-13)11-22-7-16-4-5-18(10-22)23(8-16)9-17-6-20(14(2)24)26-12-17/h6,12,16,18H,4-5,7-11H2,1-3H3/t16-,18+/m1/s1. The van der Waals surface area contributed by atoms with Crippen molar-refractivity contribution < 1.29 is 9.32 Å². The van der Waals surface area contributed by atoms with Gasteiger partial charge in [-0.25, -0.2) is 0 Å². The maximum atomic E-state index is 11.6. The first-order valence-corrected chi connectivity index (χ1v) is 10.3. The number of Topliss-reactive ketones (excluding diaryl/α,β-unsaturated/α-hetero) is 1. The van der Waals surface area contributed by atoms with E-state index in [1.165, 1.54) is 24.0 Å². The number of aromatic nitrogens is 1. The molecule has 2 aromatic heterocycles. The van der Waals surface area contributed by atoms with Crippen molar-refractivity contribution in [1.29, 1.82) is 0 Å². The van der Waals surface area contributed by atoms with Crippen LogP contribution in [0.25, 0.3) is 0 Å². The number of piperidine rings is 1. The van der Waals surface area contributed by atoms with Gasteiger partial charge in [0.2, 0.25) is 0 Å². The zero-order valence-corrected chi connectivity index (χ0v) is 16.6. The van der Waals surface area contributed by atoms with Crippen LogP contribution in [0.2, 0.25) is 0 Å². The predicted octanol–water partition coefficient (Wildman–Crippen LogP) is 3.65. The van der Waals surface area contributed by atoms with Gasteiger partial charge < -0.3 is 4.52 Å². The molecule has 5 rings (SSSR count). The van der Waals surface area contributed by atoms with Crippen LogP contribution >= 0.6 is 11.3 Å². The first kappa shape index (κ1) is 17.9. The van der Waals surface area contributed by atoms with Crippen LogP contribution in [0.15, 0.2) is 16.0 Å². The lowest BCUT2D eigenvalue weighted by molar-refractivity contribution is 0.102. The van der Waals surface area contributed by atoms with Crippen molar-refractivity contribution in [1.82, 2.24) is 15.0 Å². The van der Waals surface area contributed by atoms with Crippen molar-refractivity contribution in [2.75, 3.05) is 19.6 Å². The highest BCUT2D eigenvalue weighted by molar-refractivity contribution is 7.12. The molecule has 0 radical (unpaired) electrons. The topological polar surface area (TPSA) is 49.6 Å². The molecule has 0 aliphatic carbocycles. The van der Waals surface area contributed by atoms with Crippen LogP contribution in [0.3, 0.4) is 0 Å². The second-order valence-electron chi connectivity index (χ2n) is 7.90. The van der Waals surface area contributed by atoms with E-state index in [1.807, 2.05) is 13.8 Å². The Morgan fingerprint density at radius 3 is 2.81 bits per heavy atom. The number of thiophene rings is 1. The molecule has 0 spiro atoms. The number of nitrogens with zero attached hydrogens (tertiary/aromatic N) is 3. The summed E-state index contributed by atoms with van der Waals surface area (Å²) in [4.78, 5) is 17.7. The van der Waals surface area contributed by atoms with Gasteiger partial charge in [0.1, 0.15) is 5.76 Å². The number of hydrogen-bond acceptors (Lipinski definition) is 6. The maximum Gasteiger partial charge on any atom is 0.169 e. The zero-order chi connectivity index (χ0) is 18.3. The number of hydrogen-bond donors (Lipinski definition) is 0. The summed E-state index contributed by atoms with van der Waals surface area (Å²) in [6.07, 6.45) is 2.59. The Morgan fingerprint density at radius 1 is 1.27 bits per heavy atom. The summed E-state index contributed by atoms with van der Waals surface area (Å²) >= 11 is 1.57. The lowest BCUT2D eigenvalue weighted by Gasteiger charge is -2.36. The Kier molecular flexibility index (Phi) is 4.99. The van der Waals surface area contributed by atoms with E-state index in [-0.39, 0.29) is 5.78 Å². The van der Waals surface area contributed by atoms with E-state index >= 15 is 0 Å². The molecule has 5 nitrogen and oxygen atoms in total. The number of aryl methyl sites for hydroxylation is 2. The van der Waals surface area contributed by atoms with Gasteiger partial charge in [-0.3, -0.25) is 14.6 Å². The van der Waals surface area contributed by atoms with Crippen LogP contribution in [-0.2, 0) is 13.1 Å². The Labute approximate surface area is 159 Å². The summed E-state index contributed by atoms with van der Waals surface area (Å²) in [5.74, 6) is 1.84. The summed E-state index contributed by atoms with van der Waals surface area (Å²) in [5, 5.41) is 6.26. The van der Waals surface area contributed by atoms with Gasteiger partial charge in [-0.2, -0.15) is 0 Å². The normalized spacial score (nSPS) is 24.1. The third kappa shape index (κ3) is 3.63. The fourth-order valence-electron chi connectivity index (χ4n) is 4.43. The van der Waals surface area contributed by atoms with Crippen LogP contribution in [0.1, 0.15) is 52.0 Å². The minimum Gasteiger partial charge on any atom is -0.361 e. The fourth-order valence-corrected chi connectivity index (χ4v) is 5.23. The molecule has 2 atom stereocenters. The monoisotopic (exact) mass is 373 g/mol. The molecular weight excluding hydrogens is 346 g/mol. The molecule has 5 heterocycles. The molecule has 2 aromatic rings. The summed E-state index contributed by atoms with van der Waals surface area (Å²) in [5.41, 5.74) is 3.55. The number of rotatable bonds is 5. The van der Waals surface area contributed by atoms with Crippen molar-refractivity contribution in [2.45, 2.75) is 52.7 Å². The number of carbonyl (C=O) groups excluding carboxylic acids is 1. The van der Waals surface area contributed by atoms with E-state index in [0.717, 1.165) is 55.0 Å². The van der Waals surface area contributed by atoms with Gasteiger partial charge in [-0.1, -0.05) is 5.16 Å². The molecule has 3 saturated heterocycles. The van der Waals surface area contributed by atoms with Gasteiger partial charge in [-0.05, 0) is 56.5 Å². The molecule has 0 saturated carbocycles. The Balaban J connectivity index is 1.45. The molecule has 0 N–H and O–H groups in total. The average molecular weight is 374 g/mol. The van der Waals surface area contributed by atoms with E-state index in [9.17, 15) is 4.79 Å². The minimum atomic E-state index is 0.171. The van der Waals surface area contributed by atoms with Crippen molar-refractivity contribution in [3.63, 3.8) is 0 Å². The molecule has 6 heteroatoms. The van der Waals surface area contributed by atoms with Crippen molar-refractivity contribution in [3.05, 3.63) is 38.9 Å². The second kappa shape index (κ2) is 7.25. The molecule has 3 fully saturated rings. The van der Waals surface area contributed by atoms with E-state index in [0.29, 0.717) is 6.04 Å². The molecule has 140 valence electrons. The van der Waals surface area contributed by atoms with E-state index < -0.39 is 0 Å². The third-order valence-electron chi connectivity index (χ3n) is 5.85. The summed E-state index contributed by atoms with van der Waals surface area (Å²) in [6, 6.07) is 2.67. The highest BCUT2D eigenvalue weighted by atomic mass is 32.1. The number of fused-ring (bicyclic) bond motifs is 4. The lowest BCUT2D eigenvalue weighted by Crippen LogP contribution is -2.43. The molecule has 2 bridgehead atoms. The molecule has 3 aliphatic rings. The van der Waals surface area contributed by atoms with Crippen LogP contribution in [-0.4, -0.2) is 46.4 Å². The molecule has 0 amide bonds. The first-order chi connectivity index (χ1) is 12.5. The fraction of sp³-hybridized carbons (Fsp3) is 0.600. The van der Waals surface area contributed by atoms with Gasteiger partial charge in [0, 0.05) is 44.3 Å².